The Kier molecular flexibility index (Phi) is 3.99. The maximum atomic E-state index is 11.4. The molecule has 0 spiro atoms. The summed E-state index contributed by atoms with van der Waals surface area (Å²) in [5.74, 6) is -0.0289. The van der Waals surface area contributed by atoms with Crippen LogP contribution in [0.15, 0.2) is 12.1 Å². The van der Waals surface area contributed by atoms with Crippen molar-refractivity contribution >= 4 is 17.7 Å². The molecule has 19 heavy (non-hydrogen) atoms. The van der Waals surface area contributed by atoms with Gasteiger partial charge in [-0.2, -0.15) is 0 Å². The first kappa shape index (κ1) is 13.3. The van der Waals surface area contributed by atoms with Gasteiger partial charge in [-0.1, -0.05) is 0 Å². The Morgan fingerprint density at radius 1 is 1.37 bits per heavy atom. The minimum atomic E-state index is -0.978. The van der Waals surface area contributed by atoms with E-state index >= 15 is 0 Å². The number of aromatic nitrogens is 1. The van der Waals surface area contributed by atoms with Crippen molar-refractivity contribution in [3.8, 4) is 0 Å². The molecule has 1 aliphatic carbocycles. The van der Waals surface area contributed by atoms with Gasteiger partial charge in [0.1, 0.15) is 5.82 Å². The van der Waals surface area contributed by atoms with Gasteiger partial charge >= 0.3 is 5.97 Å². The van der Waals surface area contributed by atoms with E-state index in [1.54, 1.807) is 13.0 Å². The number of rotatable bonds is 6. The van der Waals surface area contributed by atoms with E-state index in [0.29, 0.717) is 24.6 Å². The van der Waals surface area contributed by atoms with Gasteiger partial charge in [0.05, 0.1) is 11.3 Å². The van der Waals surface area contributed by atoms with Crippen molar-refractivity contribution in [3.05, 3.63) is 23.4 Å². The van der Waals surface area contributed by atoms with Crippen molar-refractivity contribution in [1.82, 2.24) is 10.3 Å². The Bertz CT molecular complexity index is 498. The SMILES string of the molecule is Cc1nc(NCCNC(=O)C2CC2)ccc1C(=O)O. The average Bonchev–Trinajstić information content (AvgIpc) is 3.18. The largest absolute Gasteiger partial charge is 0.478 e. The zero-order chi connectivity index (χ0) is 13.8. The van der Waals surface area contributed by atoms with Gasteiger partial charge in [-0.05, 0) is 31.9 Å². The van der Waals surface area contributed by atoms with Gasteiger partial charge in [-0.25, -0.2) is 9.78 Å². The van der Waals surface area contributed by atoms with Crippen molar-refractivity contribution < 1.29 is 14.7 Å². The van der Waals surface area contributed by atoms with Crippen molar-refractivity contribution in [2.45, 2.75) is 19.8 Å². The molecule has 1 aliphatic rings. The molecule has 1 aromatic heterocycles. The van der Waals surface area contributed by atoms with Crippen LogP contribution in [0.25, 0.3) is 0 Å². The van der Waals surface area contributed by atoms with Crippen molar-refractivity contribution in [3.63, 3.8) is 0 Å². The molecule has 0 aliphatic heterocycles. The van der Waals surface area contributed by atoms with Crippen LogP contribution >= 0.6 is 0 Å². The van der Waals surface area contributed by atoms with E-state index < -0.39 is 5.97 Å². The lowest BCUT2D eigenvalue weighted by molar-refractivity contribution is -0.122. The Balaban J connectivity index is 1.77. The summed E-state index contributed by atoms with van der Waals surface area (Å²) >= 11 is 0. The lowest BCUT2D eigenvalue weighted by atomic mass is 10.2. The predicted octanol–water partition coefficient (Wildman–Crippen LogP) is 1.03. The second kappa shape index (κ2) is 5.69. The molecule has 6 nitrogen and oxygen atoms in total. The number of nitrogens with zero attached hydrogens (tertiary/aromatic N) is 1. The van der Waals surface area contributed by atoms with Crippen LogP contribution in [0.2, 0.25) is 0 Å². The number of nitrogens with one attached hydrogen (secondary N) is 2. The second-order valence-electron chi connectivity index (χ2n) is 4.63. The molecule has 6 heteroatoms. The molecule has 102 valence electrons. The normalized spacial score (nSPS) is 13.9. The van der Waals surface area contributed by atoms with E-state index in [1.807, 2.05) is 0 Å². The number of aromatic carboxylic acids is 1. The third kappa shape index (κ3) is 3.67. The van der Waals surface area contributed by atoms with Gasteiger partial charge in [-0.3, -0.25) is 4.79 Å². The number of carbonyl (C=O) groups excluding carboxylic acids is 1. The highest BCUT2D eigenvalue weighted by atomic mass is 16.4. The molecule has 0 saturated heterocycles. The number of carbonyl (C=O) groups is 2. The Morgan fingerprint density at radius 2 is 2.11 bits per heavy atom. The number of hydrogen-bond donors (Lipinski definition) is 3. The van der Waals surface area contributed by atoms with Gasteiger partial charge in [0, 0.05) is 19.0 Å². The van der Waals surface area contributed by atoms with Crippen LogP contribution in [0.4, 0.5) is 5.82 Å². The molecule has 2 rings (SSSR count). The van der Waals surface area contributed by atoms with Gasteiger partial charge in [-0.15, -0.1) is 0 Å². The zero-order valence-corrected chi connectivity index (χ0v) is 10.8. The molecule has 1 saturated carbocycles. The summed E-state index contributed by atoms with van der Waals surface area (Å²) in [6, 6.07) is 3.15. The highest BCUT2D eigenvalue weighted by Gasteiger charge is 2.28. The fourth-order valence-corrected chi connectivity index (χ4v) is 1.75. The first-order chi connectivity index (χ1) is 9.08. The van der Waals surface area contributed by atoms with E-state index in [0.717, 1.165) is 12.8 Å². The van der Waals surface area contributed by atoms with Crippen LogP contribution in [-0.2, 0) is 4.79 Å². The number of amides is 1. The van der Waals surface area contributed by atoms with E-state index in [9.17, 15) is 9.59 Å². The predicted molar refractivity (Wildman–Crippen MR) is 70.2 cm³/mol. The van der Waals surface area contributed by atoms with Gasteiger partial charge in [0.15, 0.2) is 0 Å². The number of carboxylic acid groups (broad SMARTS) is 1. The molecule has 0 radical (unpaired) electrons. The molecule has 0 atom stereocenters. The van der Waals surface area contributed by atoms with Gasteiger partial charge in [0.25, 0.3) is 0 Å². The third-order valence-electron chi connectivity index (χ3n) is 2.99. The smallest absolute Gasteiger partial charge is 0.337 e. The molecular formula is C13H17N3O3. The number of anilines is 1. The highest BCUT2D eigenvalue weighted by Crippen LogP contribution is 2.28. The summed E-state index contributed by atoms with van der Waals surface area (Å²) in [6.45, 7) is 2.76. The summed E-state index contributed by atoms with van der Waals surface area (Å²) < 4.78 is 0. The topological polar surface area (TPSA) is 91.3 Å². The fourth-order valence-electron chi connectivity index (χ4n) is 1.75. The first-order valence-corrected chi connectivity index (χ1v) is 6.30. The fraction of sp³-hybridized carbons (Fsp3) is 0.462. The van der Waals surface area contributed by atoms with Crippen LogP contribution < -0.4 is 10.6 Å². The molecule has 1 amide bonds. The molecular weight excluding hydrogens is 246 g/mol. The van der Waals surface area contributed by atoms with E-state index in [2.05, 4.69) is 15.6 Å². The first-order valence-electron chi connectivity index (χ1n) is 6.30. The van der Waals surface area contributed by atoms with Gasteiger partial charge in [0.2, 0.25) is 5.91 Å². The molecule has 0 unspecified atom stereocenters. The van der Waals surface area contributed by atoms with Crippen LogP contribution in [0, 0.1) is 12.8 Å². The van der Waals surface area contributed by atoms with Crippen molar-refractivity contribution in [2.75, 3.05) is 18.4 Å². The summed E-state index contributed by atoms with van der Waals surface area (Å²) in [4.78, 5) is 26.4. The molecule has 3 N–H and O–H groups in total. The number of hydrogen-bond acceptors (Lipinski definition) is 4. The molecule has 0 bridgehead atoms. The Hall–Kier alpha value is -2.11. The van der Waals surface area contributed by atoms with Crippen molar-refractivity contribution in [2.24, 2.45) is 5.92 Å². The maximum absolute atomic E-state index is 11.4. The average molecular weight is 263 g/mol. The minimum absolute atomic E-state index is 0.118. The van der Waals surface area contributed by atoms with Crippen molar-refractivity contribution in [1.29, 1.82) is 0 Å². The highest BCUT2D eigenvalue weighted by molar-refractivity contribution is 5.89. The zero-order valence-electron chi connectivity index (χ0n) is 10.8. The van der Waals surface area contributed by atoms with E-state index in [4.69, 9.17) is 5.11 Å². The lowest BCUT2D eigenvalue weighted by Crippen LogP contribution is -2.30. The number of pyridine rings is 1. The minimum Gasteiger partial charge on any atom is -0.478 e. The Labute approximate surface area is 111 Å². The third-order valence-corrected chi connectivity index (χ3v) is 2.99. The standard InChI is InChI=1S/C13H17N3O3/c1-8-10(13(18)19)4-5-11(16-8)14-6-7-15-12(17)9-2-3-9/h4-5,9H,2-3,6-7H2,1H3,(H,14,16)(H,15,17)(H,18,19). The van der Waals surface area contributed by atoms with Crippen LogP contribution in [0.3, 0.4) is 0 Å². The number of aryl methyl sites for hydroxylation is 1. The molecule has 0 aromatic carbocycles. The maximum Gasteiger partial charge on any atom is 0.337 e. The summed E-state index contributed by atoms with van der Waals surface area (Å²) in [5, 5.41) is 14.8. The van der Waals surface area contributed by atoms with Crippen LogP contribution in [0.5, 0.6) is 0 Å². The van der Waals surface area contributed by atoms with E-state index in [-0.39, 0.29) is 17.4 Å². The molecule has 1 fully saturated rings. The number of carboxylic acids is 1. The second-order valence-corrected chi connectivity index (χ2v) is 4.63. The van der Waals surface area contributed by atoms with Crippen LogP contribution in [-0.4, -0.2) is 35.1 Å². The lowest BCUT2D eigenvalue weighted by Gasteiger charge is -2.08. The van der Waals surface area contributed by atoms with Gasteiger partial charge < -0.3 is 15.7 Å². The quantitative estimate of drug-likeness (QED) is 0.667. The molecule has 1 aromatic rings. The summed E-state index contributed by atoms with van der Waals surface area (Å²) in [5.41, 5.74) is 0.673. The Morgan fingerprint density at radius 3 is 2.68 bits per heavy atom. The van der Waals surface area contributed by atoms with E-state index in [1.165, 1.54) is 6.07 Å². The van der Waals surface area contributed by atoms with Crippen LogP contribution in [0.1, 0.15) is 28.9 Å². The summed E-state index contributed by atoms with van der Waals surface area (Å²) in [7, 11) is 0. The molecule has 1 heterocycles. The monoisotopic (exact) mass is 263 g/mol. The summed E-state index contributed by atoms with van der Waals surface area (Å²) in [6.07, 6.45) is 1.99.